The van der Waals surface area contributed by atoms with E-state index >= 15 is 0 Å². The topological polar surface area (TPSA) is 137 Å². The van der Waals surface area contributed by atoms with Gasteiger partial charge in [-0.2, -0.15) is 0 Å². The van der Waals surface area contributed by atoms with Crippen LogP contribution in [0, 0.1) is 5.92 Å². The molecule has 3 rings (SSSR count). The Morgan fingerprint density at radius 3 is 2.27 bits per heavy atom. The SMILES string of the molecule is CC(CNCC(=O)NCC1CC1)NC(=O)c1cc(C(=O)NCc2ccccc2)cc(N(C)S(C)(=O)=O)c1. The largest absolute Gasteiger partial charge is 0.355 e. The maximum atomic E-state index is 13.0. The lowest BCUT2D eigenvalue weighted by atomic mass is 10.1. The lowest BCUT2D eigenvalue weighted by Crippen LogP contribution is -2.43. The van der Waals surface area contributed by atoms with Crippen molar-refractivity contribution < 1.29 is 22.8 Å². The van der Waals surface area contributed by atoms with Gasteiger partial charge in [0.15, 0.2) is 0 Å². The van der Waals surface area contributed by atoms with E-state index in [1.54, 1.807) is 6.92 Å². The number of benzene rings is 2. The molecule has 10 nitrogen and oxygen atoms in total. The van der Waals surface area contributed by atoms with Crippen molar-refractivity contribution in [3.63, 3.8) is 0 Å². The zero-order valence-corrected chi connectivity index (χ0v) is 22.2. The van der Waals surface area contributed by atoms with Gasteiger partial charge in [0.2, 0.25) is 15.9 Å². The molecule has 200 valence electrons. The normalized spacial score (nSPS) is 13.9. The van der Waals surface area contributed by atoms with Crippen molar-refractivity contribution in [3.8, 4) is 0 Å². The lowest BCUT2D eigenvalue weighted by Gasteiger charge is -2.20. The van der Waals surface area contributed by atoms with Crippen molar-refractivity contribution in [2.24, 2.45) is 5.92 Å². The summed E-state index contributed by atoms with van der Waals surface area (Å²) in [6.07, 6.45) is 3.37. The minimum absolute atomic E-state index is 0.0897. The van der Waals surface area contributed by atoms with Crippen LogP contribution in [0.4, 0.5) is 5.69 Å². The Hall–Kier alpha value is -3.44. The standard InChI is InChI=1S/C26H35N5O5S/c1-18(14-27-17-24(32)28-15-20-9-10-20)30-26(34)22-11-21(12-23(13-22)31(2)37(3,35)36)25(33)29-16-19-7-5-4-6-8-19/h4-8,11-13,18,20,27H,9-10,14-17H2,1-3H3,(H,28,32)(H,29,33)(H,30,34). The minimum Gasteiger partial charge on any atom is -0.355 e. The molecular formula is C26H35N5O5S. The molecule has 0 heterocycles. The molecule has 0 aromatic heterocycles. The van der Waals surface area contributed by atoms with E-state index in [2.05, 4.69) is 21.3 Å². The molecule has 11 heteroatoms. The molecule has 0 spiro atoms. The van der Waals surface area contributed by atoms with Gasteiger partial charge in [-0.25, -0.2) is 8.42 Å². The third kappa shape index (κ3) is 9.18. The van der Waals surface area contributed by atoms with Gasteiger partial charge < -0.3 is 21.3 Å². The van der Waals surface area contributed by atoms with E-state index in [9.17, 15) is 22.8 Å². The minimum atomic E-state index is -3.62. The Morgan fingerprint density at radius 2 is 1.65 bits per heavy atom. The van der Waals surface area contributed by atoms with Gasteiger partial charge in [0, 0.05) is 43.9 Å². The van der Waals surface area contributed by atoms with Gasteiger partial charge in [0.25, 0.3) is 11.8 Å². The Balaban J connectivity index is 1.65. The fourth-order valence-electron chi connectivity index (χ4n) is 3.53. The van der Waals surface area contributed by atoms with E-state index in [-0.39, 0.29) is 41.9 Å². The average molecular weight is 530 g/mol. The molecular weight excluding hydrogens is 494 g/mol. The van der Waals surface area contributed by atoms with Crippen LogP contribution < -0.4 is 25.6 Å². The zero-order valence-electron chi connectivity index (χ0n) is 21.4. The number of anilines is 1. The fourth-order valence-corrected chi connectivity index (χ4v) is 4.02. The Morgan fingerprint density at radius 1 is 1.00 bits per heavy atom. The van der Waals surface area contributed by atoms with E-state index < -0.39 is 21.8 Å². The third-order valence-electron chi connectivity index (χ3n) is 6.00. The summed E-state index contributed by atoms with van der Waals surface area (Å²) in [4.78, 5) is 37.8. The summed E-state index contributed by atoms with van der Waals surface area (Å²) in [6.45, 7) is 3.27. The van der Waals surface area contributed by atoms with E-state index in [0.29, 0.717) is 19.0 Å². The van der Waals surface area contributed by atoms with E-state index in [1.807, 2.05) is 30.3 Å². The van der Waals surface area contributed by atoms with Crippen LogP contribution in [0.1, 0.15) is 46.0 Å². The van der Waals surface area contributed by atoms with E-state index in [1.165, 1.54) is 25.2 Å². The summed E-state index contributed by atoms with van der Waals surface area (Å²) >= 11 is 0. The summed E-state index contributed by atoms with van der Waals surface area (Å²) in [7, 11) is -2.26. The van der Waals surface area contributed by atoms with Crippen LogP contribution >= 0.6 is 0 Å². The zero-order chi connectivity index (χ0) is 27.0. The second kappa shape index (κ2) is 12.7. The molecule has 4 N–H and O–H groups in total. The molecule has 2 aromatic rings. The number of amides is 3. The number of nitrogens with one attached hydrogen (secondary N) is 4. The first kappa shape index (κ1) is 28.1. The van der Waals surface area contributed by atoms with Crippen LogP contribution in [-0.4, -0.2) is 65.1 Å². The van der Waals surface area contributed by atoms with Crippen molar-refractivity contribution in [2.45, 2.75) is 32.4 Å². The van der Waals surface area contributed by atoms with Crippen LogP contribution in [0.15, 0.2) is 48.5 Å². The van der Waals surface area contributed by atoms with Gasteiger partial charge in [-0.1, -0.05) is 30.3 Å². The number of nitrogens with zero attached hydrogens (tertiary/aromatic N) is 1. The molecule has 0 radical (unpaired) electrons. The summed E-state index contributed by atoms with van der Waals surface area (Å²) in [5, 5.41) is 11.5. The predicted molar refractivity (Wildman–Crippen MR) is 143 cm³/mol. The Bertz CT molecular complexity index is 1220. The number of carbonyl (C=O) groups excluding carboxylic acids is 3. The first-order chi connectivity index (χ1) is 17.5. The molecule has 1 saturated carbocycles. The summed E-state index contributed by atoms with van der Waals surface area (Å²) < 4.78 is 25.3. The van der Waals surface area contributed by atoms with Crippen LogP contribution in [0.3, 0.4) is 0 Å². The maximum Gasteiger partial charge on any atom is 0.251 e. The van der Waals surface area contributed by atoms with Crippen LogP contribution in [-0.2, 0) is 21.4 Å². The van der Waals surface area contributed by atoms with Gasteiger partial charge in [0.05, 0.1) is 18.5 Å². The van der Waals surface area contributed by atoms with Crippen molar-refractivity contribution in [3.05, 3.63) is 65.2 Å². The highest BCUT2D eigenvalue weighted by molar-refractivity contribution is 7.92. The number of sulfonamides is 1. The summed E-state index contributed by atoms with van der Waals surface area (Å²) in [5.41, 5.74) is 1.40. The first-order valence-electron chi connectivity index (χ1n) is 12.2. The first-order valence-corrected chi connectivity index (χ1v) is 14.1. The molecule has 2 aromatic carbocycles. The molecule has 0 saturated heterocycles. The molecule has 0 bridgehead atoms. The molecule has 37 heavy (non-hydrogen) atoms. The highest BCUT2D eigenvalue weighted by atomic mass is 32.2. The highest BCUT2D eigenvalue weighted by Crippen LogP contribution is 2.27. The van der Waals surface area contributed by atoms with Crippen molar-refractivity contribution in [1.29, 1.82) is 0 Å². The molecule has 1 unspecified atom stereocenters. The number of carbonyl (C=O) groups is 3. The molecule has 1 aliphatic rings. The second-order valence-corrected chi connectivity index (χ2v) is 11.4. The Kier molecular flexibility index (Phi) is 9.65. The average Bonchev–Trinajstić information content (AvgIpc) is 3.70. The van der Waals surface area contributed by atoms with Gasteiger partial charge in [0.1, 0.15) is 0 Å². The number of hydrogen-bond acceptors (Lipinski definition) is 6. The molecule has 3 amide bonds. The number of hydrogen-bond donors (Lipinski definition) is 4. The van der Waals surface area contributed by atoms with Crippen molar-refractivity contribution in [2.75, 3.05) is 37.2 Å². The monoisotopic (exact) mass is 529 g/mol. The van der Waals surface area contributed by atoms with Gasteiger partial charge in [-0.3, -0.25) is 18.7 Å². The van der Waals surface area contributed by atoms with Gasteiger partial charge in [-0.15, -0.1) is 0 Å². The van der Waals surface area contributed by atoms with Crippen LogP contribution in [0.5, 0.6) is 0 Å². The quantitative estimate of drug-likeness (QED) is 0.308. The molecule has 1 atom stereocenters. The van der Waals surface area contributed by atoms with Gasteiger partial charge >= 0.3 is 0 Å². The lowest BCUT2D eigenvalue weighted by molar-refractivity contribution is -0.120. The number of rotatable bonds is 13. The predicted octanol–water partition coefficient (Wildman–Crippen LogP) is 1.25. The Labute approximate surface area is 218 Å². The third-order valence-corrected chi connectivity index (χ3v) is 7.20. The van der Waals surface area contributed by atoms with Crippen LogP contribution in [0.2, 0.25) is 0 Å². The molecule has 1 fully saturated rings. The van der Waals surface area contributed by atoms with E-state index in [0.717, 1.165) is 29.0 Å². The molecule has 0 aliphatic heterocycles. The molecule has 1 aliphatic carbocycles. The van der Waals surface area contributed by atoms with E-state index in [4.69, 9.17) is 0 Å². The summed E-state index contributed by atoms with van der Waals surface area (Å²) in [6, 6.07) is 13.3. The second-order valence-electron chi connectivity index (χ2n) is 9.42. The smallest absolute Gasteiger partial charge is 0.251 e. The van der Waals surface area contributed by atoms with Crippen LogP contribution in [0.25, 0.3) is 0 Å². The van der Waals surface area contributed by atoms with Crippen molar-refractivity contribution >= 4 is 33.4 Å². The maximum absolute atomic E-state index is 13.0. The highest BCUT2D eigenvalue weighted by Gasteiger charge is 2.22. The summed E-state index contributed by atoms with van der Waals surface area (Å²) in [5.74, 6) is -0.389. The fraction of sp³-hybridized carbons (Fsp3) is 0.423. The van der Waals surface area contributed by atoms with Crippen molar-refractivity contribution in [1.82, 2.24) is 21.3 Å². The van der Waals surface area contributed by atoms with Gasteiger partial charge in [-0.05, 0) is 49.4 Å².